The SMILES string of the molecule is CC/C=C/C[Si](C)(C)CCCOC1CCC(C2CCCCC2)CC1. The van der Waals surface area contributed by atoms with Crippen molar-refractivity contribution in [2.45, 2.75) is 109 Å². The van der Waals surface area contributed by atoms with Crippen LogP contribution in [0.15, 0.2) is 12.2 Å². The summed E-state index contributed by atoms with van der Waals surface area (Å²) in [5.74, 6) is 2.09. The Kier molecular flexibility index (Phi) is 9.11. The fourth-order valence-electron chi connectivity index (χ4n) is 4.80. The van der Waals surface area contributed by atoms with Gasteiger partial charge in [-0.3, -0.25) is 0 Å². The van der Waals surface area contributed by atoms with Crippen LogP contribution in [0.3, 0.4) is 0 Å². The van der Waals surface area contributed by atoms with Crippen LogP contribution < -0.4 is 0 Å². The van der Waals surface area contributed by atoms with Crippen LogP contribution in [-0.2, 0) is 4.74 Å². The Bertz CT molecular complexity index is 349. The van der Waals surface area contributed by atoms with Crippen molar-refractivity contribution in [2.75, 3.05) is 6.61 Å². The van der Waals surface area contributed by atoms with Crippen LogP contribution in [0.2, 0.25) is 25.2 Å². The van der Waals surface area contributed by atoms with E-state index in [1.54, 1.807) is 0 Å². The molecule has 0 aliphatic heterocycles. The molecule has 2 fully saturated rings. The summed E-state index contributed by atoms with van der Waals surface area (Å²) in [6.07, 6.45) is 20.8. The number of ether oxygens (including phenoxy) is 1. The Morgan fingerprint density at radius 1 is 0.875 bits per heavy atom. The van der Waals surface area contributed by atoms with E-state index in [0.29, 0.717) is 6.10 Å². The second-order valence-electron chi connectivity index (χ2n) is 9.16. The Labute approximate surface area is 152 Å². The number of hydrogen-bond donors (Lipinski definition) is 0. The number of rotatable bonds is 9. The lowest BCUT2D eigenvalue weighted by Crippen LogP contribution is -2.28. The van der Waals surface area contributed by atoms with Gasteiger partial charge in [-0.2, -0.15) is 0 Å². The van der Waals surface area contributed by atoms with Gasteiger partial charge in [0.15, 0.2) is 0 Å². The molecule has 1 nitrogen and oxygen atoms in total. The standard InChI is InChI=1S/C22H42OSi/c1-4-5-9-18-24(2,3)19-10-17-23-22-15-13-21(14-16-22)20-11-7-6-8-12-20/h5,9,20-22H,4,6-8,10-19H2,1-3H3/b9-5+. The molecule has 2 rings (SSSR count). The maximum atomic E-state index is 6.24. The minimum absolute atomic E-state index is 0.578. The lowest BCUT2D eigenvalue weighted by atomic mass is 9.73. The van der Waals surface area contributed by atoms with Gasteiger partial charge in [-0.25, -0.2) is 0 Å². The highest BCUT2D eigenvalue weighted by Gasteiger charge is 2.28. The zero-order valence-electron chi connectivity index (χ0n) is 16.7. The van der Waals surface area contributed by atoms with E-state index in [1.165, 1.54) is 82.7 Å². The summed E-state index contributed by atoms with van der Waals surface area (Å²) in [7, 11) is -1.03. The molecule has 0 atom stereocenters. The summed E-state index contributed by atoms with van der Waals surface area (Å²) in [6, 6.07) is 2.76. The fourth-order valence-corrected chi connectivity index (χ4v) is 6.91. The van der Waals surface area contributed by atoms with Crippen molar-refractivity contribution in [3.63, 3.8) is 0 Å². The lowest BCUT2D eigenvalue weighted by Gasteiger charge is -2.35. The van der Waals surface area contributed by atoms with E-state index < -0.39 is 8.07 Å². The second kappa shape index (κ2) is 10.8. The first-order valence-electron chi connectivity index (χ1n) is 10.9. The topological polar surface area (TPSA) is 9.23 Å². The molecule has 2 saturated carbocycles. The van der Waals surface area contributed by atoms with E-state index in [2.05, 4.69) is 32.2 Å². The van der Waals surface area contributed by atoms with Crippen LogP contribution in [0.4, 0.5) is 0 Å². The lowest BCUT2D eigenvalue weighted by molar-refractivity contribution is 0.00864. The number of hydrogen-bond acceptors (Lipinski definition) is 1. The zero-order valence-corrected chi connectivity index (χ0v) is 17.7. The molecule has 0 unspecified atom stereocenters. The predicted octanol–water partition coefficient (Wildman–Crippen LogP) is 7.21. The average Bonchev–Trinajstić information content (AvgIpc) is 2.60. The first-order chi connectivity index (χ1) is 11.6. The summed E-state index contributed by atoms with van der Waals surface area (Å²) >= 11 is 0. The van der Waals surface area contributed by atoms with Gasteiger partial charge in [-0.05, 0) is 56.4 Å². The summed E-state index contributed by atoms with van der Waals surface area (Å²) in [6.45, 7) is 8.29. The van der Waals surface area contributed by atoms with Crippen LogP contribution in [-0.4, -0.2) is 20.8 Å². The van der Waals surface area contributed by atoms with Gasteiger partial charge in [0, 0.05) is 6.61 Å². The Balaban J connectivity index is 1.55. The maximum absolute atomic E-state index is 6.24. The molecule has 2 aliphatic carbocycles. The van der Waals surface area contributed by atoms with Gasteiger partial charge in [0.1, 0.15) is 0 Å². The van der Waals surface area contributed by atoms with Crippen molar-refractivity contribution in [1.82, 2.24) is 0 Å². The normalized spacial score (nSPS) is 27.0. The van der Waals surface area contributed by atoms with Crippen LogP contribution in [0.5, 0.6) is 0 Å². The first kappa shape index (κ1) is 20.2. The van der Waals surface area contributed by atoms with Gasteiger partial charge in [0.2, 0.25) is 0 Å². The van der Waals surface area contributed by atoms with Crippen LogP contribution in [0.1, 0.15) is 77.6 Å². The van der Waals surface area contributed by atoms with E-state index in [9.17, 15) is 0 Å². The quantitative estimate of drug-likeness (QED) is 0.242. The van der Waals surface area contributed by atoms with E-state index in [4.69, 9.17) is 4.74 Å². The molecule has 0 bridgehead atoms. The van der Waals surface area contributed by atoms with E-state index >= 15 is 0 Å². The fraction of sp³-hybridized carbons (Fsp3) is 0.909. The molecule has 140 valence electrons. The summed E-state index contributed by atoms with van der Waals surface area (Å²) in [5, 5.41) is 0. The summed E-state index contributed by atoms with van der Waals surface area (Å²) in [5.41, 5.74) is 0. The molecule has 0 saturated heterocycles. The van der Waals surface area contributed by atoms with E-state index in [-0.39, 0.29) is 0 Å². The third-order valence-electron chi connectivity index (χ3n) is 6.46. The maximum Gasteiger partial charge on any atom is 0.0575 e. The Morgan fingerprint density at radius 2 is 1.54 bits per heavy atom. The minimum Gasteiger partial charge on any atom is -0.378 e. The molecule has 2 aliphatic rings. The molecule has 0 spiro atoms. The second-order valence-corrected chi connectivity index (χ2v) is 14.4. The Morgan fingerprint density at radius 3 is 2.21 bits per heavy atom. The molecule has 0 aromatic heterocycles. The molecule has 0 heterocycles. The van der Waals surface area contributed by atoms with Crippen molar-refractivity contribution in [2.24, 2.45) is 11.8 Å². The molecule has 0 aromatic carbocycles. The number of allylic oxidation sites excluding steroid dienone is 2. The van der Waals surface area contributed by atoms with Gasteiger partial charge in [-0.1, -0.05) is 70.3 Å². The van der Waals surface area contributed by atoms with Gasteiger partial charge in [0.05, 0.1) is 14.2 Å². The van der Waals surface area contributed by atoms with Gasteiger partial charge in [-0.15, -0.1) is 0 Å². The largest absolute Gasteiger partial charge is 0.378 e. The molecule has 2 heteroatoms. The smallest absolute Gasteiger partial charge is 0.0575 e. The minimum atomic E-state index is -1.03. The highest BCUT2D eigenvalue weighted by Crippen LogP contribution is 2.38. The van der Waals surface area contributed by atoms with E-state index in [0.717, 1.165) is 18.4 Å². The van der Waals surface area contributed by atoms with Crippen molar-refractivity contribution in [3.8, 4) is 0 Å². The van der Waals surface area contributed by atoms with Gasteiger partial charge < -0.3 is 4.74 Å². The van der Waals surface area contributed by atoms with Crippen molar-refractivity contribution in [1.29, 1.82) is 0 Å². The molecule has 0 aromatic rings. The predicted molar refractivity (Wildman–Crippen MR) is 109 cm³/mol. The Hall–Kier alpha value is -0.0831. The van der Waals surface area contributed by atoms with E-state index in [1.807, 2.05) is 0 Å². The highest BCUT2D eigenvalue weighted by molar-refractivity contribution is 6.77. The highest BCUT2D eigenvalue weighted by atomic mass is 28.3. The third kappa shape index (κ3) is 7.43. The molecule has 0 N–H and O–H groups in total. The average molecular weight is 351 g/mol. The van der Waals surface area contributed by atoms with Gasteiger partial charge >= 0.3 is 0 Å². The molecular weight excluding hydrogens is 308 g/mol. The molecular formula is C22H42OSi. The van der Waals surface area contributed by atoms with Crippen LogP contribution in [0, 0.1) is 11.8 Å². The van der Waals surface area contributed by atoms with Crippen molar-refractivity contribution >= 4 is 8.07 Å². The molecule has 24 heavy (non-hydrogen) atoms. The monoisotopic (exact) mass is 350 g/mol. The molecule has 0 amide bonds. The molecule has 0 radical (unpaired) electrons. The summed E-state index contributed by atoms with van der Waals surface area (Å²) < 4.78 is 6.24. The van der Waals surface area contributed by atoms with Gasteiger partial charge in [0.25, 0.3) is 0 Å². The van der Waals surface area contributed by atoms with Crippen molar-refractivity contribution in [3.05, 3.63) is 12.2 Å². The summed E-state index contributed by atoms with van der Waals surface area (Å²) in [4.78, 5) is 0. The third-order valence-corrected chi connectivity index (χ3v) is 9.51. The van der Waals surface area contributed by atoms with Crippen molar-refractivity contribution < 1.29 is 4.74 Å². The van der Waals surface area contributed by atoms with Crippen LogP contribution >= 0.6 is 0 Å². The first-order valence-corrected chi connectivity index (χ1v) is 14.3. The van der Waals surface area contributed by atoms with Crippen LogP contribution in [0.25, 0.3) is 0 Å². The zero-order chi connectivity index (χ0) is 17.3.